The highest BCUT2D eigenvalue weighted by molar-refractivity contribution is 6.14. The van der Waals surface area contributed by atoms with Crippen LogP contribution in [0.1, 0.15) is 23.2 Å². The number of Topliss-reactive ketones (excluding diaryl/α,β-unsaturated/α-hetero) is 1. The molecule has 0 unspecified atom stereocenters. The average molecular weight is 299 g/mol. The number of rotatable bonds is 6. The second kappa shape index (κ2) is 6.91. The van der Waals surface area contributed by atoms with E-state index in [1.54, 1.807) is 6.07 Å². The van der Waals surface area contributed by atoms with Gasteiger partial charge in [0.25, 0.3) is 0 Å². The van der Waals surface area contributed by atoms with Gasteiger partial charge in [-0.25, -0.2) is 0 Å². The Morgan fingerprint density at radius 1 is 1.14 bits per heavy atom. The minimum atomic E-state index is -0.623. The van der Waals surface area contributed by atoms with Crippen LogP contribution >= 0.6 is 0 Å². The summed E-state index contributed by atoms with van der Waals surface area (Å²) in [5.74, 6) is -0.114. The van der Waals surface area contributed by atoms with Gasteiger partial charge >= 0.3 is 0 Å². The maximum absolute atomic E-state index is 12.6. The number of fused-ring (bicyclic) bond motifs is 1. The Kier molecular flexibility index (Phi) is 4.95. The predicted molar refractivity (Wildman–Crippen MR) is 90.6 cm³/mol. The van der Waals surface area contributed by atoms with Gasteiger partial charge in [-0.3, -0.25) is 9.79 Å². The predicted octanol–water partition coefficient (Wildman–Crippen LogP) is 0.986. The average Bonchev–Trinajstić information content (AvgIpc) is 2.50. The van der Waals surface area contributed by atoms with E-state index in [1.165, 1.54) is 0 Å². The molecule has 0 radical (unpaired) electrons. The lowest BCUT2D eigenvalue weighted by Crippen LogP contribution is -2.31. The topological polar surface area (TPSA) is 134 Å². The summed E-state index contributed by atoms with van der Waals surface area (Å²) in [6, 6.07) is 10.6. The summed E-state index contributed by atoms with van der Waals surface area (Å²) in [4.78, 5) is 16.5. The van der Waals surface area contributed by atoms with Crippen molar-refractivity contribution in [2.45, 2.75) is 18.9 Å². The Morgan fingerprint density at radius 2 is 1.86 bits per heavy atom. The zero-order valence-electron chi connectivity index (χ0n) is 12.3. The molecule has 0 aliphatic rings. The molecule has 0 aliphatic carbocycles. The van der Waals surface area contributed by atoms with Crippen molar-refractivity contribution in [3.8, 4) is 0 Å². The van der Waals surface area contributed by atoms with Gasteiger partial charge in [0.1, 0.15) is 0 Å². The number of aliphatic imine (C=N–C) groups is 1. The fourth-order valence-electron chi connectivity index (χ4n) is 2.40. The van der Waals surface area contributed by atoms with E-state index in [4.69, 9.17) is 22.9 Å². The maximum atomic E-state index is 12.6. The molecule has 6 nitrogen and oxygen atoms in total. The number of ketones is 1. The Bertz CT molecular complexity index is 707. The molecule has 2 aromatic rings. The van der Waals surface area contributed by atoms with Crippen molar-refractivity contribution in [3.63, 3.8) is 0 Å². The maximum Gasteiger partial charge on any atom is 0.185 e. The highest BCUT2D eigenvalue weighted by Crippen LogP contribution is 2.25. The quantitative estimate of drug-likeness (QED) is 0.207. The number of nitrogen functional groups attached to an aromatic ring is 1. The van der Waals surface area contributed by atoms with Crippen LogP contribution in [0.2, 0.25) is 0 Å². The van der Waals surface area contributed by atoms with E-state index in [1.807, 2.05) is 30.3 Å². The lowest BCUT2D eigenvalue weighted by atomic mass is 9.94. The van der Waals surface area contributed by atoms with Gasteiger partial charge in [0.15, 0.2) is 11.7 Å². The van der Waals surface area contributed by atoms with Crippen LogP contribution in [-0.2, 0) is 0 Å². The van der Waals surface area contributed by atoms with E-state index in [2.05, 4.69) is 4.99 Å². The molecule has 0 amide bonds. The second-order valence-electron chi connectivity index (χ2n) is 5.17. The fraction of sp³-hybridized carbons (Fsp3) is 0.250. The largest absolute Gasteiger partial charge is 0.398 e. The summed E-state index contributed by atoms with van der Waals surface area (Å²) >= 11 is 0. The number of carbonyl (C=O) groups is 1. The molecule has 0 fully saturated rings. The first-order valence-electron chi connectivity index (χ1n) is 7.13. The number of hydrogen-bond donors (Lipinski definition) is 4. The van der Waals surface area contributed by atoms with Crippen molar-refractivity contribution in [2.75, 3.05) is 12.3 Å². The summed E-state index contributed by atoms with van der Waals surface area (Å²) < 4.78 is 0. The molecule has 116 valence electrons. The third kappa shape index (κ3) is 3.53. The highest BCUT2D eigenvalue weighted by Gasteiger charge is 2.20. The van der Waals surface area contributed by atoms with Crippen LogP contribution in [0.4, 0.5) is 5.69 Å². The third-order valence-electron chi connectivity index (χ3n) is 3.51. The summed E-state index contributed by atoms with van der Waals surface area (Å²) in [7, 11) is 0. The molecule has 1 atom stereocenters. The molecule has 0 bridgehead atoms. The third-order valence-corrected chi connectivity index (χ3v) is 3.51. The Morgan fingerprint density at radius 3 is 2.59 bits per heavy atom. The van der Waals surface area contributed by atoms with Crippen molar-refractivity contribution in [1.29, 1.82) is 0 Å². The molecule has 8 N–H and O–H groups in total. The molecule has 2 rings (SSSR count). The first kappa shape index (κ1) is 15.8. The van der Waals surface area contributed by atoms with Gasteiger partial charge in [-0.05, 0) is 29.7 Å². The Labute approximate surface area is 129 Å². The minimum Gasteiger partial charge on any atom is -0.398 e. The van der Waals surface area contributed by atoms with Gasteiger partial charge in [0.2, 0.25) is 0 Å². The standard InChI is InChI=1S/C16H21N5O/c17-12-8-7-10-4-1-2-5-11(10)14(12)15(22)13(18)6-3-9-21-16(19)20/h1-2,4-5,7-8,13H,3,6,9,17-18H2,(H4,19,20,21)/t13-/m0/s1. The van der Waals surface area contributed by atoms with Crippen molar-refractivity contribution in [3.05, 3.63) is 42.0 Å². The van der Waals surface area contributed by atoms with Crippen LogP contribution in [0.15, 0.2) is 41.4 Å². The van der Waals surface area contributed by atoms with Gasteiger partial charge in [0.05, 0.1) is 6.04 Å². The number of anilines is 1. The number of hydrogen-bond acceptors (Lipinski definition) is 4. The lowest BCUT2D eigenvalue weighted by molar-refractivity contribution is 0.0959. The SMILES string of the molecule is NC(N)=NCCC[C@H](N)C(=O)c1c(N)ccc2ccccc12. The normalized spacial score (nSPS) is 12.0. The van der Waals surface area contributed by atoms with Crippen molar-refractivity contribution >= 4 is 28.2 Å². The van der Waals surface area contributed by atoms with Crippen LogP contribution in [0.3, 0.4) is 0 Å². The van der Waals surface area contributed by atoms with E-state index in [0.29, 0.717) is 30.6 Å². The fourth-order valence-corrected chi connectivity index (χ4v) is 2.40. The molecule has 0 aliphatic heterocycles. The number of nitrogens with zero attached hydrogens (tertiary/aromatic N) is 1. The first-order chi connectivity index (χ1) is 10.5. The van der Waals surface area contributed by atoms with E-state index in [9.17, 15) is 4.79 Å². The second-order valence-corrected chi connectivity index (χ2v) is 5.17. The Hall–Kier alpha value is -2.60. The minimum absolute atomic E-state index is 0.0400. The highest BCUT2D eigenvalue weighted by atomic mass is 16.1. The number of benzene rings is 2. The molecule has 6 heteroatoms. The van der Waals surface area contributed by atoms with E-state index < -0.39 is 6.04 Å². The summed E-state index contributed by atoms with van der Waals surface area (Å²) in [6.07, 6.45) is 1.13. The smallest absolute Gasteiger partial charge is 0.185 e. The summed E-state index contributed by atoms with van der Waals surface area (Å²) in [6.45, 7) is 0.453. The van der Waals surface area contributed by atoms with Crippen LogP contribution in [0.25, 0.3) is 10.8 Å². The zero-order valence-corrected chi connectivity index (χ0v) is 12.3. The molecule has 0 heterocycles. The lowest BCUT2D eigenvalue weighted by Gasteiger charge is -2.14. The van der Waals surface area contributed by atoms with Gasteiger partial charge in [-0.2, -0.15) is 0 Å². The van der Waals surface area contributed by atoms with Crippen LogP contribution in [0.5, 0.6) is 0 Å². The van der Waals surface area contributed by atoms with Crippen LogP contribution in [0, 0.1) is 0 Å². The summed E-state index contributed by atoms with van der Waals surface area (Å²) in [5, 5.41) is 1.79. The van der Waals surface area contributed by atoms with Crippen molar-refractivity contribution in [2.24, 2.45) is 22.2 Å². The molecule has 0 saturated carbocycles. The van der Waals surface area contributed by atoms with Crippen molar-refractivity contribution < 1.29 is 4.79 Å². The number of guanidine groups is 1. The first-order valence-corrected chi connectivity index (χ1v) is 7.13. The molecule has 22 heavy (non-hydrogen) atoms. The van der Waals surface area contributed by atoms with E-state index in [0.717, 1.165) is 10.8 Å². The zero-order chi connectivity index (χ0) is 16.1. The van der Waals surface area contributed by atoms with Gasteiger partial charge in [-0.15, -0.1) is 0 Å². The Balaban J connectivity index is 2.18. The number of carbonyl (C=O) groups excluding carboxylic acids is 1. The van der Waals surface area contributed by atoms with Crippen molar-refractivity contribution in [1.82, 2.24) is 0 Å². The van der Waals surface area contributed by atoms with Gasteiger partial charge in [-0.1, -0.05) is 30.3 Å². The molecule has 0 aromatic heterocycles. The number of nitrogens with two attached hydrogens (primary N) is 4. The van der Waals surface area contributed by atoms with Gasteiger partial charge < -0.3 is 22.9 Å². The molecular formula is C16H21N5O. The van der Waals surface area contributed by atoms with Gasteiger partial charge in [0, 0.05) is 17.8 Å². The molecule has 0 spiro atoms. The van der Waals surface area contributed by atoms with Crippen LogP contribution in [-0.4, -0.2) is 24.3 Å². The van der Waals surface area contributed by atoms with E-state index in [-0.39, 0.29) is 11.7 Å². The van der Waals surface area contributed by atoms with E-state index >= 15 is 0 Å². The summed E-state index contributed by atoms with van der Waals surface area (Å²) in [5.41, 5.74) is 23.4. The molecule has 0 saturated heterocycles. The monoisotopic (exact) mass is 299 g/mol. The molecular weight excluding hydrogens is 278 g/mol. The van der Waals surface area contributed by atoms with Crippen LogP contribution < -0.4 is 22.9 Å². The molecule has 2 aromatic carbocycles.